The summed E-state index contributed by atoms with van der Waals surface area (Å²) in [7, 11) is 0. The minimum atomic E-state index is -1.87. The first-order valence-corrected chi connectivity index (χ1v) is 6.05. The Hall–Kier alpha value is -1.55. The minimum Gasteiger partial charge on any atom is -0.490 e. The zero-order chi connectivity index (χ0) is 13.8. The predicted octanol–water partition coefficient (Wildman–Crippen LogP) is 2.41. The molecular weight excluding hydrogens is 232 g/mol. The Morgan fingerprint density at radius 3 is 2.39 bits per heavy atom. The maximum atomic E-state index is 10.7. The van der Waals surface area contributed by atoms with Crippen LogP contribution in [-0.4, -0.2) is 28.4 Å². The summed E-state index contributed by atoms with van der Waals surface area (Å²) in [6.45, 7) is 5.21. The second-order valence-corrected chi connectivity index (χ2v) is 4.75. The molecule has 4 nitrogen and oxygen atoms in total. The van der Waals surface area contributed by atoms with E-state index in [-0.39, 0.29) is 6.61 Å². The third-order valence-electron chi connectivity index (χ3n) is 3.04. The Labute approximate surface area is 107 Å². The van der Waals surface area contributed by atoms with Gasteiger partial charge in [0.2, 0.25) is 0 Å². The van der Waals surface area contributed by atoms with Gasteiger partial charge in [-0.3, -0.25) is 0 Å². The van der Waals surface area contributed by atoms with Gasteiger partial charge in [0, 0.05) is 0 Å². The fourth-order valence-corrected chi connectivity index (χ4v) is 1.41. The van der Waals surface area contributed by atoms with Crippen molar-refractivity contribution in [2.75, 3.05) is 6.61 Å². The zero-order valence-electron chi connectivity index (χ0n) is 11.0. The van der Waals surface area contributed by atoms with Gasteiger partial charge >= 0.3 is 5.97 Å². The monoisotopic (exact) mass is 252 g/mol. The van der Waals surface area contributed by atoms with E-state index in [0.29, 0.717) is 11.7 Å². The van der Waals surface area contributed by atoms with E-state index < -0.39 is 11.6 Å². The SMILES string of the molecule is CCC(C)c1ccc(OCC(C)(O)C(=O)O)cc1. The first kappa shape index (κ1) is 14.5. The standard InChI is InChI=1S/C14H20O4/c1-4-10(2)11-5-7-12(8-6-11)18-9-14(3,17)13(15)16/h5-8,10,17H,4,9H2,1-3H3,(H,15,16). The number of hydrogen-bond acceptors (Lipinski definition) is 3. The molecule has 1 rings (SSSR count). The number of rotatable bonds is 6. The molecule has 1 aromatic rings. The molecule has 2 unspecified atom stereocenters. The Morgan fingerprint density at radius 2 is 1.94 bits per heavy atom. The molecule has 1 aromatic carbocycles. The van der Waals surface area contributed by atoms with Crippen LogP contribution in [0.4, 0.5) is 0 Å². The van der Waals surface area contributed by atoms with Crippen molar-refractivity contribution in [3.05, 3.63) is 29.8 Å². The first-order valence-electron chi connectivity index (χ1n) is 6.05. The lowest BCUT2D eigenvalue weighted by molar-refractivity contribution is -0.159. The molecule has 100 valence electrons. The lowest BCUT2D eigenvalue weighted by Gasteiger charge is -2.18. The largest absolute Gasteiger partial charge is 0.490 e. The number of carboxylic acids is 1. The van der Waals surface area contributed by atoms with Crippen molar-refractivity contribution in [1.29, 1.82) is 0 Å². The first-order chi connectivity index (χ1) is 8.36. The van der Waals surface area contributed by atoms with E-state index in [2.05, 4.69) is 13.8 Å². The molecule has 0 saturated heterocycles. The van der Waals surface area contributed by atoms with Crippen LogP contribution in [0.5, 0.6) is 5.75 Å². The smallest absolute Gasteiger partial charge is 0.339 e. The molecule has 4 heteroatoms. The van der Waals surface area contributed by atoms with Gasteiger partial charge in [0.1, 0.15) is 12.4 Å². The van der Waals surface area contributed by atoms with Crippen LogP contribution in [0.15, 0.2) is 24.3 Å². The van der Waals surface area contributed by atoms with Crippen molar-refractivity contribution in [2.24, 2.45) is 0 Å². The van der Waals surface area contributed by atoms with Gasteiger partial charge in [0.05, 0.1) is 0 Å². The molecule has 2 N–H and O–H groups in total. The summed E-state index contributed by atoms with van der Waals surface area (Å²) >= 11 is 0. The number of carbonyl (C=O) groups is 1. The van der Waals surface area contributed by atoms with Crippen LogP contribution in [0.25, 0.3) is 0 Å². The number of carboxylic acid groups (broad SMARTS) is 1. The van der Waals surface area contributed by atoms with Crippen LogP contribution >= 0.6 is 0 Å². The van der Waals surface area contributed by atoms with Crippen LogP contribution in [-0.2, 0) is 4.79 Å². The van der Waals surface area contributed by atoms with Crippen LogP contribution in [0, 0.1) is 0 Å². The summed E-state index contributed by atoms with van der Waals surface area (Å²) in [6, 6.07) is 7.50. The lowest BCUT2D eigenvalue weighted by Crippen LogP contribution is -2.41. The van der Waals surface area contributed by atoms with E-state index in [9.17, 15) is 9.90 Å². The van der Waals surface area contributed by atoms with Gasteiger partial charge in [-0.25, -0.2) is 4.79 Å². The van der Waals surface area contributed by atoms with E-state index >= 15 is 0 Å². The summed E-state index contributed by atoms with van der Waals surface area (Å²) in [6.07, 6.45) is 1.06. The van der Waals surface area contributed by atoms with E-state index in [1.165, 1.54) is 12.5 Å². The molecule has 0 saturated carbocycles. The number of hydrogen-bond donors (Lipinski definition) is 2. The maximum absolute atomic E-state index is 10.7. The highest BCUT2D eigenvalue weighted by atomic mass is 16.5. The topological polar surface area (TPSA) is 66.8 Å². The summed E-state index contributed by atoms with van der Waals surface area (Å²) in [5.41, 5.74) is -0.648. The summed E-state index contributed by atoms with van der Waals surface area (Å²) in [5.74, 6) is -0.247. The molecule has 0 heterocycles. The predicted molar refractivity (Wildman–Crippen MR) is 68.9 cm³/mol. The van der Waals surface area contributed by atoms with E-state index in [1.54, 1.807) is 12.1 Å². The molecule has 0 aliphatic carbocycles. The fourth-order valence-electron chi connectivity index (χ4n) is 1.41. The number of benzene rings is 1. The van der Waals surface area contributed by atoms with Gasteiger partial charge in [-0.05, 0) is 37.0 Å². The van der Waals surface area contributed by atoms with Crippen LogP contribution in [0.3, 0.4) is 0 Å². The fraction of sp³-hybridized carbons (Fsp3) is 0.500. The van der Waals surface area contributed by atoms with E-state index in [0.717, 1.165) is 6.42 Å². The summed E-state index contributed by atoms with van der Waals surface area (Å²) in [4.78, 5) is 10.7. The van der Waals surface area contributed by atoms with Gasteiger partial charge in [0.25, 0.3) is 0 Å². The Balaban J connectivity index is 2.62. The number of aliphatic hydroxyl groups is 1. The second kappa shape index (κ2) is 5.87. The molecule has 0 aromatic heterocycles. The molecule has 0 radical (unpaired) electrons. The van der Waals surface area contributed by atoms with Crippen molar-refractivity contribution in [3.63, 3.8) is 0 Å². The highest BCUT2D eigenvalue weighted by Gasteiger charge is 2.30. The Bertz CT molecular complexity index is 395. The molecule has 0 spiro atoms. The van der Waals surface area contributed by atoms with Gasteiger partial charge in [-0.1, -0.05) is 26.0 Å². The van der Waals surface area contributed by atoms with Gasteiger partial charge in [0.15, 0.2) is 5.60 Å². The quantitative estimate of drug-likeness (QED) is 0.816. The maximum Gasteiger partial charge on any atom is 0.339 e. The molecular formula is C14H20O4. The van der Waals surface area contributed by atoms with Crippen molar-refractivity contribution < 1.29 is 19.7 Å². The Kier molecular flexibility index (Phi) is 4.73. The van der Waals surface area contributed by atoms with Crippen LogP contribution in [0.1, 0.15) is 38.7 Å². The molecule has 0 aliphatic heterocycles. The average molecular weight is 252 g/mol. The van der Waals surface area contributed by atoms with Crippen molar-refractivity contribution >= 4 is 5.97 Å². The molecule has 0 amide bonds. The average Bonchev–Trinajstić information content (AvgIpc) is 2.36. The third kappa shape index (κ3) is 3.74. The minimum absolute atomic E-state index is 0.273. The van der Waals surface area contributed by atoms with Gasteiger partial charge in [-0.2, -0.15) is 0 Å². The molecule has 0 fully saturated rings. The van der Waals surface area contributed by atoms with Crippen molar-refractivity contribution in [2.45, 2.75) is 38.7 Å². The molecule has 0 aliphatic rings. The highest BCUT2D eigenvalue weighted by Crippen LogP contribution is 2.22. The second-order valence-electron chi connectivity index (χ2n) is 4.75. The zero-order valence-corrected chi connectivity index (χ0v) is 11.0. The van der Waals surface area contributed by atoms with Gasteiger partial charge in [-0.15, -0.1) is 0 Å². The van der Waals surface area contributed by atoms with Crippen LogP contribution < -0.4 is 4.74 Å². The number of ether oxygens (including phenoxy) is 1. The van der Waals surface area contributed by atoms with Gasteiger partial charge < -0.3 is 14.9 Å². The molecule has 18 heavy (non-hydrogen) atoms. The molecule has 0 bridgehead atoms. The summed E-state index contributed by atoms with van der Waals surface area (Å²) < 4.78 is 5.27. The third-order valence-corrected chi connectivity index (χ3v) is 3.04. The lowest BCUT2D eigenvalue weighted by atomic mass is 9.99. The molecule has 2 atom stereocenters. The van der Waals surface area contributed by atoms with Crippen molar-refractivity contribution in [1.82, 2.24) is 0 Å². The normalized spacial score (nSPS) is 15.8. The highest BCUT2D eigenvalue weighted by molar-refractivity contribution is 5.76. The van der Waals surface area contributed by atoms with Crippen LogP contribution in [0.2, 0.25) is 0 Å². The summed E-state index contributed by atoms with van der Waals surface area (Å²) in [5, 5.41) is 18.2. The Morgan fingerprint density at radius 1 is 1.39 bits per heavy atom. The van der Waals surface area contributed by atoms with E-state index in [1.807, 2.05) is 12.1 Å². The van der Waals surface area contributed by atoms with E-state index in [4.69, 9.17) is 9.84 Å². The van der Waals surface area contributed by atoms with Crippen molar-refractivity contribution in [3.8, 4) is 5.75 Å². The number of aliphatic carboxylic acids is 1.